The van der Waals surface area contributed by atoms with E-state index in [2.05, 4.69) is 62.1 Å². The van der Waals surface area contributed by atoms with Crippen LogP contribution in [-0.4, -0.2) is 17.0 Å². The second-order valence-corrected chi connectivity index (χ2v) is 7.54. The van der Waals surface area contributed by atoms with Crippen LogP contribution in [-0.2, 0) is 6.42 Å². The minimum atomic E-state index is 0.473. The number of nitrogens with one attached hydrogen (secondary N) is 1. The predicted octanol–water partition coefficient (Wildman–Crippen LogP) is 4.96. The SMILES string of the molecule is CCCc1ccc(C(C)NC2CCC(SCC)C2)cc1. The average molecular weight is 292 g/mol. The first-order chi connectivity index (χ1) is 9.72. The molecule has 0 aliphatic heterocycles. The van der Waals surface area contributed by atoms with Crippen LogP contribution in [0.4, 0.5) is 0 Å². The van der Waals surface area contributed by atoms with E-state index in [0.29, 0.717) is 12.1 Å². The topological polar surface area (TPSA) is 12.0 Å². The van der Waals surface area contributed by atoms with Crippen molar-refractivity contribution < 1.29 is 0 Å². The molecular weight excluding hydrogens is 262 g/mol. The maximum Gasteiger partial charge on any atom is 0.0294 e. The van der Waals surface area contributed by atoms with E-state index in [1.165, 1.54) is 49.0 Å². The Morgan fingerprint density at radius 1 is 1.20 bits per heavy atom. The number of rotatable bonds is 7. The van der Waals surface area contributed by atoms with Gasteiger partial charge in [0.2, 0.25) is 0 Å². The number of benzene rings is 1. The van der Waals surface area contributed by atoms with Gasteiger partial charge >= 0.3 is 0 Å². The van der Waals surface area contributed by atoms with Gasteiger partial charge in [0.15, 0.2) is 0 Å². The summed E-state index contributed by atoms with van der Waals surface area (Å²) in [7, 11) is 0. The molecule has 0 amide bonds. The van der Waals surface area contributed by atoms with Crippen LogP contribution in [0, 0.1) is 0 Å². The Bertz CT molecular complexity index is 387. The van der Waals surface area contributed by atoms with Crippen molar-refractivity contribution in [2.75, 3.05) is 5.75 Å². The highest BCUT2D eigenvalue weighted by atomic mass is 32.2. The number of thioether (sulfide) groups is 1. The quantitative estimate of drug-likeness (QED) is 0.761. The van der Waals surface area contributed by atoms with Gasteiger partial charge in [0.25, 0.3) is 0 Å². The molecule has 1 fully saturated rings. The monoisotopic (exact) mass is 291 g/mol. The highest BCUT2D eigenvalue weighted by Gasteiger charge is 2.25. The summed E-state index contributed by atoms with van der Waals surface area (Å²) in [6.45, 7) is 6.81. The average Bonchev–Trinajstić information content (AvgIpc) is 2.88. The van der Waals surface area contributed by atoms with Gasteiger partial charge in [-0.2, -0.15) is 11.8 Å². The van der Waals surface area contributed by atoms with Crippen LogP contribution in [0.1, 0.15) is 63.6 Å². The smallest absolute Gasteiger partial charge is 0.0294 e. The van der Waals surface area contributed by atoms with E-state index in [9.17, 15) is 0 Å². The number of aryl methyl sites for hydroxylation is 1. The first-order valence-electron chi connectivity index (χ1n) is 8.19. The van der Waals surface area contributed by atoms with Crippen molar-refractivity contribution in [3.05, 3.63) is 35.4 Å². The molecule has 1 nitrogen and oxygen atoms in total. The van der Waals surface area contributed by atoms with Crippen LogP contribution in [0.2, 0.25) is 0 Å². The Balaban J connectivity index is 1.84. The van der Waals surface area contributed by atoms with E-state index in [1.807, 2.05) is 0 Å². The van der Waals surface area contributed by atoms with Crippen LogP contribution in [0.15, 0.2) is 24.3 Å². The fraction of sp³-hybridized carbons (Fsp3) is 0.667. The van der Waals surface area contributed by atoms with E-state index in [0.717, 1.165) is 5.25 Å². The van der Waals surface area contributed by atoms with E-state index in [4.69, 9.17) is 0 Å². The Labute approximate surface area is 128 Å². The predicted molar refractivity (Wildman–Crippen MR) is 91.5 cm³/mol. The molecule has 1 N–H and O–H groups in total. The van der Waals surface area contributed by atoms with Gasteiger partial charge in [-0.25, -0.2) is 0 Å². The van der Waals surface area contributed by atoms with Crippen LogP contribution in [0.5, 0.6) is 0 Å². The van der Waals surface area contributed by atoms with Gasteiger partial charge < -0.3 is 5.32 Å². The maximum atomic E-state index is 3.82. The van der Waals surface area contributed by atoms with Crippen LogP contribution < -0.4 is 5.32 Å². The van der Waals surface area contributed by atoms with E-state index in [1.54, 1.807) is 0 Å². The second-order valence-electron chi connectivity index (χ2n) is 5.97. The molecule has 20 heavy (non-hydrogen) atoms. The van der Waals surface area contributed by atoms with Crippen molar-refractivity contribution >= 4 is 11.8 Å². The van der Waals surface area contributed by atoms with Gasteiger partial charge in [-0.15, -0.1) is 0 Å². The fourth-order valence-corrected chi connectivity index (χ4v) is 4.33. The molecule has 2 rings (SSSR count). The molecule has 0 radical (unpaired) electrons. The van der Waals surface area contributed by atoms with Gasteiger partial charge in [-0.05, 0) is 49.5 Å². The highest BCUT2D eigenvalue weighted by molar-refractivity contribution is 7.99. The van der Waals surface area contributed by atoms with Gasteiger partial charge in [0.1, 0.15) is 0 Å². The van der Waals surface area contributed by atoms with Gasteiger partial charge in [0.05, 0.1) is 0 Å². The molecule has 112 valence electrons. The zero-order valence-electron chi connectivity index (χ0n) is 13.2. The van der Waals surface area contributed by atoms with E-state index >= 15 is 0 Å². The highest BCUT2D eigenvalue weighted by Crippen LogP contribution is 2.31. The third kappa shape index (κ3) is 4.53. The Kier molecular flexibility index (Phi) is 6.44. The standard InChI is InChI=1S/C18H29NS/c1-4-6-15-7-9-16(10-8-15)14(3)19-17-11-12-18(13-17)20-5-2/h7-10,14,17-19H,4-6,11-13H2,1-3H3. The van der Waals surface area contributed by atoms with Crippen molar-refractivity contribution in [2.45, 2.75) is 70.2 Å². The molecule has 3 atom stereocenters. The molecule has 0 heterocycles. The minimum Gasteiger partial charge on any atom is -0.307 e. The first-order valence-corrected chi connectivity index (χ1v) is 9.24. The van der Waals surface area contributed by atoms with Crippen LogP contribution >= 0.6 is 11.8 Å². The van der Waals surface area contributed by atoms with Gasteiger partial charge in [-0.3, -0.25) is 0 Å². The second kappa shape index (κ2) is 8.09. The fourth-order valence-electron chi connectivity index (χ4n) is 3.19. The summed E-state index contributed by atoms with van der Waals surface area (Å²) in [4.78, 5) is 0. The largest absolute Gasteiger partial charge is 0.307 e. The summed E-state index contributed by atoms with van der Waals surface area (Å²) in [5.41, 5.74) is 2.89. The molecule has 3 unspecified atom stereocenters. The summed E-state index contributed by atoms with van der Waals surface area (Å²) in [6.07, 6.45) is 6.50. The molecule has 1 aromatic rings. The lowest BCUT2D eigenvalue weighted by Crippen LogP contribution is -2.29. The number of hydrogen-bond donors (Lipinski definition) is 1. The Morgan fingerprint density at radius 2 is 1.95 bits per heavy atom. The maximum absolute atomic E-state index is 3.82. The summed E-state index contributed by atoms with van der Waals surface area (Å²) < 4.78 is 0. The van der Waals surface area contributed by atoms with Crippen molar-refractivity contribution in [1.29, 1.82) is 0 Å². The molecule has 0 saturated heterocycles. The van der Waals surface area contributed by atoms with E-state index in [-0.39, 0.29) is 0 Å². The third-order valence-electron chi connectivity index (χ3n) is 4.29. The molecule has 2 heteroatoms. The van der Waals surface area contributed by atoms with Gasteiger partial charge in [0, 0.05) is 17.3 Å². The Morgan fingerprint density at radius 3 is 2.60 bits per heavy atom. The summed E-state index contributed by atoms with van der Waals surface area (Å²) >= 11 is 2.13. The normalized spacial score (nSPS) is 23.9. The zero-order valence-corrected chi connectivity index (χ0v) is 14.0. The van der Waals surface area contributed by atoms with Crippen molar-refractivity contribution in [2.24, 2.45) is 0 Å². The van der Waals surface area contributed by atoms with Crippen molar-refractivity contribution in [3.8, 4) is 0 Å². The zero-order chi connectivity index (χ0) is 14.4. The first kappa shape index (κ1) is 15.9. The lowest BCUT2D eigenvalue weighted by Gasteiger charge is -2.20. The van der Waals surface area contributed by atoms with Gasteiger partial charge in [-0.1, -0.05) is 44.5 Å². The minimum absolute atomic E-state index is 0.473. The van der Waals surface area contributed by atoms with Crippen molar-refractivity contribution in [1.82, 2.24) is 5.32 Å². The number of hydrogen-bond acceptors (Lipinski definition) is 2. The molecule has 0 aromatic heterocycles. The molecule has 1 aromatic carbocycles. The summed E-state index contributed by atoms with van der Waals surface area (Å²) in [5, 5.41) is 4.71. The van der Waals surface area contributed by atoms with Crippen LogP contribution in [0.25, 0.3) is 0 Å². The third-order valence-corrected chi connectivity index (χ3v) is 5.52. The molecule has 1 aliphatic carbocycles. The summed E-state index contributed by atoms with van der Waals surface area (Å²) in [6, 6.07) is 10.4. The molecule has 1 aliphatic rings. The van der Waals surface area contributed by atoms with Crippen LogP contribution in [0.3, 0.4) is 0 Å². The molecule has 0 bridgehead atoms. The lowest BCUT2D eigenvalue weighted by molar-refractivity contribution is 0.462. The van der Waals surface area contributed by atoms with E-state index < -0.39 is 0 Å². The Hall–Kier alpha value is -0.470. The lowest BCUT2D eigenvalue weighted by atomic mass is 10.0. The molecular formula is C18H29NS. The molecule has 1 saturated carbocycles. The summed E-state index contributed by atoms with van der Waals surface area (Å²) in [5.74, 6) is 1.26. The molecule has 0 spiro atoms. The van der Waals surface area contributed by atoms with Crippen molar-refractivity contribution in [3.63, 3.8) is 0 Å².